The standard InChI is InChI=1S/C19H25F3N4OS/c1-12(2)15-10-14(16(27)9-13(15)3)11-25-5-4-6-26(8-7-25)18-24-23-17(28-18)19(20,21)22/h9-10,12,27H,4-8,11H2,1-3H3. The zero-order valence-electron chi connectivity index (χ0n) is 16.3. The van der Waals surface area contributed by atoms with Crippen molar-refractivity contribution in [1.82, 2.24) is 15.1 Å². The highest BCUT2D eigenvalue weighted by atomic mass is 32.1. The van der Waals surface area contributed by atoms with E-state index >= 15 is 0 Å². The number of hydrogen-bond acceptors (Lipinski definition) is 6. The number of hydrogen-bond donors (Lipinski definition) is 1. The van der Waals surface area contributed by atoms with E-state index in [1.807, 2.05) is 17.9 Å². The second-order valence-corrected chi connectivity index (χ2v) is 8.45. The minimum Gasteiger partial charge on any atom is -0.508 e. The number of alkyl halides is 3. The zero-order chi connectivity index (χ0) is 20.5. The van der Waals surface area contributed by atoms with Gasteiger partial charge in [0.05, 0.1) is 0 Å². The van der Waals surface area contributed by atoms with Gasteiger partial charge in [0.25, 0.3) is 0 Å². The quantitative estimate of drug-likeness (QED) is 0.803. The average Bonchev–Trinajstić information content (AvgIpc) is 2.99. The van der Waals surface area contributed by atoms with Gasteiger partial charge in [0, 0.05) is 38.3 Å². The van der Waals surface area contributed by atoms with Crippen LogP contribution in [0.15, 0.2) is 12.1 Å². The van der Waals surface area contributed by atoms with E-state index in [1.54, 1.807) is 0 Å². The minimum absolute atomic E-state index is 0.293. The largest absolute Gasteiger partial charge is 0.508 e. The maximum atomic E-state index is 12.8. The summed E-state index contributed by atoms with van der Waals surface area (Å²) >= 11 is 0.590. The Morgan fingerprint density at radius 2 is 1.89 bits per heavy atom. The van der Waals surface area contributed by atoms with E-state index < -0.39 is 11.2 Å². The van der Waals surface area contributed by atoms with Crippen LogP contribution >= 0.6 is 11.3 Å². The van der Waals surface area contributed by atoms with Gasteiger partial charge in [-0.3, -0.25) is 4.90 Å². The van der Waals surface area contributed by atoms with Gasteiger partial charge >= 0.3 is 6.18 Å². The van der Waals surface area contributed by atoms with Crippen molar-refractivity contribution in [3.8, 4) is 5.75 Å². The van der Waals surface area contributed by atoms with Crippen LogP contribution in [0.1, 0.15) is 47.9 Å². The van der Waals surface area contributed by atoms with Gasteiger partial charge in [-0.15, -0.1) is 10.2 Å². The van der Waals surface area contributed by atoms with Crippen molar-refractivity contribution in [3.63, 3.8) is 0 Å². The lowest BCUT2D eigenvalue weighted by Gasteiger charge is -2.22. The Bertz CT molecular complexity index is 822. The van der Waals surface area contributed by atoms with Crippen molar-refractivity contribution in [2.45, 2.75) is 45.8 Å². The summed E-state index contributed by atoms with van der Waals surface area (Å²) in [5.41, 5.74) is 3.19. The third-order valence-corrected chi connectivity index (χ3v) is 6.03. The predicted molar refractivity (Wildman–Crippen MR) is 104 cm³/mol. The summed E-state index contributed by atoms with van der Waals surface area (Å²) in [5.74, 6) is 0.668. The van der Waals surface area contributed by atoms with E-state index in [9.17, 15) is 18.3 Å². The minimum atomic E-state index is -4.45. The molecule has 1 aromatic carbocycles. The molecule has 0 amide bonds. The highest BCUT2D eigenvalue weighted by Gasteiger charge is 2.36. The summed E-state index contributed by atoms with van der Waals surface area (Å²) in [6.45, 7) is 9.59. The second-order valence-electron chi connectivity index (χ2n) is 7.50. The van der Waals surface area contributed by atoms with E-state index in [0.717, 1.165) is 24.1 Å². The maximum Gasteiger partial charge on any atom is 0.445 e. The summed E-state index contributed by atoms with van der Waals surface area (Å²) in [6, 6.07) is 3.88. The Kier molecular flexibility index (Phi) is 6.14. The lowest BCUT2D eigenvalue weighted by molar-refractivity contribution is -0.138. The van der Waals surface area contributed by atoms with Gasteiger partial charge < -0.3 is 10.0 Å². The van der Waals surface area contributed by atoms with Crippen LogP contribution in [-0.2, 0) is 12.7 Å². The van der Waals surface area contributed by atoms with E-state index in [1.165, 1.54) is 5.56 Å². The van der Waals surface area contributed by atoms with Gasteiger partial charge in [-0.25, -0.2) is 0 Å². The molecule has 3 rings (SSSR count). The van der Waals surface area contributed by atoms with Crippen LogP contribution < -0.4 is 4.90 Å². The summed E-state index contributed by atoms with van der Waals surface area (Å²) in [7, 11) is 0. The van der Waals surface area contributed by atoms with Crippen molar-refractivity contribution >= 4 is 16.5 Å². The molecule has 1 fully saturated rings. The summed E-state index contributed by atoms with van der Waals surface area (Å²) in [5, 5.41) is 16.8. The number of rotatable bonds is 4. The van der Waals surface area contributed by atoms with Gasteiger partial charge in [-0.05, 0) is 36.5 Å². The zero-order valence-corrected chi connectivity index (χ0v) is 17.1. The number of aromatic hydroxyl groups is 1. The molecule has 0 aliphatic carbocycles. The number of anilines is 1. The van der Waals surface area contributed by atoms with E-state index in [2.05, 4.69) is 35.0 Å². The molecule has 0 atom stereocenters. The van der Waals surface area contributed by atoms with E-state index in [0.29, 0.717) is 54.3 Å². The third kappa shape index (κ3) is 4.75. The molecule has 1 saturated heterocycles. The van der Waals surface area contributed by atoms with Crippen molar-refractivity contribution in [2.24, 2.45) is 0 Å². The van der Waals surface area contributed by atoms with Crippen molar-refractivity contribution in [1.29, 1.82) is 0 Å². The summed E-state index contributed by atoms with van der Waals surface area (Å²) in [6.07, 6.45) is -3.64. The molecule has 1 aliphatic heterocycles. The molecule has 0 spiro atoms. The first kappa shape index (κ1) is 20.9. The number of halogens is 3. The first-order valence-electron chi connectivity index (χ1n) is 9.35. The second kappa shape index (κ2) is 8.24. The number of aromatic nitrogens is 2. The van der Waals surface area contributed by atoms with Gasteiger partial charge in [0.2, 0.25) is 10.1 Å². The van der Waals surface area contributed by atoms with Gasteiger partial charge in [0.15, 0.2) is 0 Å². The first-order chi connectivity index (χ1) is 13.1. The lowest BCUT2D eigenvalue weighted by atomic mass is 9.95. The molecule has 0 radical (unpaired) electrons. The van der Waals surface area contributed by atoms with E-state index in [4.69, 9.17) is 0 Å². The van der Waals surface area contributed by atoms with Crippen LogP contribution in [-0.4, -0.2) is 46.4 Å². The molecule has 2 heterocycles. The molecule has 5 nitrogen and oxygen atoms in total. The van der Waals surface area contributed by atoms with Gasteiger partial charge in [-0.2, -0.15) is 13.2 Å². The van der Waals surface area contributed by atoms with Crippen molar-refractivity contribution in [2.75, 3.05) is 31.1 Å². The topological polar surface area (TPSA) is 52.5 Å². The number of nitrogens with zero attached hydrogens (tertiary/aromatic N) is 4. The molecular formula is C19H25F3N4OS. The van der Waals surface area contributed by atoms with Crippen LogP contribution in [0.3, 0.4) is 0 Å². The summed E-state index contributed by atoms with van der Waals surface area (Å²) < 4.78 is 38.3. The Hall–Kier alpha value is -1.87. The monoisotopic (exact) mass is 414 g/mol. The predicted octanol–water partition coefficient (Wildman–Crippen LogP) is 4.41. The SMILES string of the molecule is Cc1cc(O)c(CN2CCCN(c3nnc(C(F)(F)F)s3)CC2)cc1C(C)C. The molecule has 1 N–H and O–H groups in total. The first-order valence-corrected chi connectivity index (χ1v) is 10.2. The van der Waals surface area contributed by atoms with Gasteiger partial charge in [-0.1, -0.05) is 31.3 Å². The number of benzene rings is 1. The molecule has 9 heteroatoms. The van der Waals surface area contributed by atoms with Crippen LogP contribution in [0.4, 0.5) is 18.3 Å². The number of phenolic OH excluding ortho intramolecular Hbond substituents is 1. The van der Waals surface area contributed by atoms with Crippen molar-refractivity contribution < 1.29 is 18.3 Å². The Morgan fingerprint density at radius 1 is 1.14 bits per heavy atom. The fraction of sp³-hybridized carbons (Fsp3) is 0.579. The molecule has 0 saturated carbocycles. The van der Waals surface area contributed by atoms with Crippen LogP contribution in [0.5, 0.6) is 5.75 Å². The molecule has 1 aromatic heterocycles. The van der Waals surface area contributed by atoms with Crippen LogP contribution in [0.2, 0.25) is 0 Å². The van der Waals surface area contributed by atoms with Crippen LogP contribution in [0.25, 0.3) is 0 Å². The molecular weight excluding hydrogens is 389 g/mol. The normalized spacial score (nSPS) is 16.6. The fourth-order valence-electron chi connectivity index (χ4n) is 3.52. The maximum absolute atomic E-state index is 12.8. The average molecular weight is 414 g/mol. The van der Waals surface area contributed by atoms with Crippen molar-refractivity contribution in [3.05, 3.63) is 33.8 Å². The highest BCUT2D eigenvalue weighted by molar-refractivity contribution is 7.15. The third-order valence-electron chi connectivity index (χ3n) is 5.00. The smallest absolute Gasteiger partial charge is 0.445 e. The molecule has 0 unspecified atom stereocenters. The molecule has 1 aliphatic rings. The molecule has 0 bridgehead atoms. The fourth-order valence-corrected chi connectivity index (χ4v) is 4.29. The van der Waals surface area contributed by atoms with Crippen LogP contribution in [0, 0.1) is 6.92 Å². The van der Waals surface area contributed by atoms with Gasteiger partial charge in [0.1, 0.15) is 5.75 Å². The number of phenols is 1. The molecule has 28 heavy (non-hydrogen) atoms. The lowest BCUT2D eigenvalue weighted by Crippen LogP contribution is -2.30. The number of aryl methyl sites for hydroxylation is 1. The Balaban J connectivity index is 1.68. The highest BCUT2D eigenvalue weighted by Crippen LogP contribution is 2.34. The molecule has 154 valence electrons. The van der Waals surface area contributed by atoms with E-state index in [-0.39, 0.29) is 0 Å². The Labute approximate surface area is 166 Å². The Morgan fingerprint density at radius 3 is 2.54 bits per heavy atom. The summed E-state index contributed by atoms with van der Waals surface area (Å²) in [4.78, 5) is 4.08. The molecule has 2 aromatic rings.